The highest BCUT2D eigenvalue weighted by Gasteiger charge is 2.20. The molecule has 4 N–H and O–H groups in total. The lowest BCUT2D eigenvalue weighted by Crippen LogP contribution is -2.45. The SMILES string of the molecule is CCCCC/C=C/CC/C=C/C(O)C(CO)NC(=O)CC(O)CCCCCCCCCCCCCCCCCCCCC. The molecule has 0 aliphatic rings. The summed E-state index contributed by atoms with van der Waals surface area (Å²) in [7, 11) is 0. The highest BCUT2D eigenvalue weighted by molar-refractivity contribution is 5.76. The Morgan fingerprint density at radius 2 is 1.00 bits per heavy atom. The summed E-state index contributed by atoms with van der Waals surface area (Å²) < 4.78 is 0. The lowest BCUT2D eigenvalue weighted by atomic mass is 10.0. The molecular weight excluding hydrogens is 534 g/mol. The Hall–Kier alpha value is -1.17. The minimum Gasteiger partial charge on any atom is -0.394 e. The van der Waals surface area contributed by atoms with Gasteiger partial charge in [-0.05, 0) is 32.1 Å². The van der Waals surface area contributed by atoms with Crippen molar-refractivity contribution in [2.75, 3.05) is 6.61 Å². The minimum absolute atomic E-state index is 0.00874. The Labute approximate surface area is 267 Å². The molecule has 0 saturated carbocycles. The van der Waals surface area contributed by atoms with Gasteiger partial charge in [0.15, 0.2) is 0 Å². The van der Waals surface area contributed by atoms with Gasteiger partial charge in [-0.3, -0.25) is 4.79 Å². The first-order chi connectivity index (χ1) is 21.0. The third-order valence-electron chi connectivity index (χ3n) is 8.49. The molecule has 0 aromatic carbocycles. The molecule has 0 spiro atoms. The summed E-state index contributed by atoms with van der Waals surface area (Å²) in [5.41, 5.74) is 0. The molecule has 0 heterocycles. The molecule has 43 heavy (non-hydrogen) atoms. The molecule has 254 valence electrons. The van der Waals surface area contributed by atoms with Crippen LogP contribution in [0, 0.1) is 0 Å². The Morgan fingerprint density at radius 3 is 1.49 bits per heavy atom. The monoisotopic (exact) mass is 608 g/mol. The van der Waals surface area contributed by atoms with Crippen LogP contribution in [-0.4, -0.2) is 46.1 Å². The van der Waals surface area contributed by atoms with Crippen molar-refractivity contribution < 1.29 is 20.1 Å². The van der Waals surface area contributed by atoms with Gasteiger partial charge in [-0.15, -0.1) is 0 Å². The molecule has 5 heteroatoms. The second-order valence-corrected chi connectivity index (χ2v) is 12.8. The number of allylic oxidation sites excluding steroid dienone is 3. The zero-order chi connectivity index (χ0) is 31.6. The van der Waals surface area contributed by atoms with Crippen molar-refractivity contribution in [3.63, 3.8) is 0 Å². The zero-order valence-corrected chi connectivity index (χ0v) is 28.6. The minimum atomic E-state index is -0.945. The average Bonchev–Trinajstić information content (AvgIpc) is 3.00. The summed E-state index contributed by atoms with van der Waals surface area (Å²) in [5.74, 6) is -0.327. The predicted octanol–water partition coefficient (Wildman–Crippen LogP) is 9.87. The number of carbonyl (C=O) groups excluding carboxylic acids is 1. The fraction of sp³-hybridized carbons (Fsp3) is 0.868. The smallest absolute Gasteiger partial charge is 0.222 e. The van der Waals surface area contributed by atoms with Gasteiger partial charge < -0.3 is 20.6 Å². The Morgan fingerprint density at radius 1 is 0.581 bits per heavy atom. The average molecular weight is 608 g/mol. The van der Waals surface area contributed by atoms with E-state index in [4.69, 9.17) is 0 Å². The van der Waals surface area contributed by atoms with E-state index in [1.54, 1.807) is 6.08 Å². The van der Waals surface area contributed by atoms with Gasteiger partial charge in [-0.25, -0.2) is 0 Å². The van der Waals surface area contributed by atoms with Crippen molar-refractivity contribution >= 4 is 5.91 Å². The van der Waals surface area contributed by atoms with Crippen molar-refractivity contribution in [3.05, 3.63) is 24.3 Å². The van der Waals surface area contributed by atoms with Gasteiger partial charge >= 0.3 is 0 Å². The van der Waals surface area contributed by atoms with Crippen LogP contribution in [0.3, 0.4) is 0 Å². The number of amides is 1. The molecule has 0 radical (unpaired) electrons. The van der Waals surface area contributed by atoms with Crippen LogP contribution in [0.5, 0.6) is 0 Å². The summed E-state index contributed by atoms with van der Waals surface area (Å²) in [6, 6.07) is -0.754. The molecule has 0 aliphatic heterocycles. The van der Waals surface area contributed by atoms with Gasteiger partial charge in [0.25, 0.3) is 0 Å². The largest absolute Gasteiger partial charge is 0.394 e. The third-order valence-corrected chi connectivity index (χ3v) is 8.49. The van der Waals surface area contributed by atoms with Crippen molar-refractivity contribution in [2.45, 2.75) is 205 Å². The molecule has 0 aromatic rings. The zero-order valence-electron chi connectivity index (χ0n) is 28.6. The summed E-state index contributed by atoms with van der Waals surface area (Å²) in [6.45, 7) is 4.14. The molecule has 0 bridgehead atoms. The molecule has 0 aliphatic carbocycles. The fourth-order valence-electron chi connectivity index (χ4n) is 5.59. The Balaban J connectivity index is 3.65. The number of nitrogens with one attached hydrogen (secondary N) is 1. The number of hydrogen-bond acceptors (Lipinski definition) is 4. The van der Waals surface area contributed by atoms with Gasteiger partial charge in [0.2, 0.25) is 5.91 Å². The van der Waals surface area contributed by atoms with Crippen LogP contribution in [0.4, 0.5) is 0 Å². The molecule has 0 saturated heterocycles. The lowest BCUT2D eigenvalue weighted by Gasteiger charge is -2.21. The second-order valence-electron chi connectivity index (χ2n) is 12.8. The van der Waals surface area contributed by atoms with E-state index in [1.165, 1.54) is 128 Å². The van der Waals surface area contributed by atoms with Crippen molar-refractivity contribution in [1.29, 1.82) is 0 Å². The van der Waals surface area contributed by atoms with Gasteiger partial charge in [0, 0.05) is 0 Å². The van der Waals surface area contributed by atoms with Crippen LogP contribution >= 0.6 is 0 Å². The van der Waals surface area contributed by atoms with Gasteiger partial charge in [0.05, 0.1) is 31.3 Å². The summed E-state index contributed by atoms with van der Waals surface area (Å²) in [4.78, 5) is 12.3. The van der Waals surface area contributed by atoms with Crippen LogP contribution in [0.2, 0.25) is 0 Å². The van der Waals surface area contributed by atoms with Crippen molar-refractivity contribution in [2.24, 2.45) is 0 Å². The molecule has 1 amide bonds. The molecule has 0 rings (SSSR count). The van der Waals surface area contributed by atoms with E-state index < -0.39 is 18.2 Å². The summed E-state index contributed by atoms with van der Waals surface area (Å²) >= 11 is 0. The van der Waals surface area contributed by atoms with E-state index in [2.05, 4.69) is 31.3 Å². The molecule has 0 aromatic heterocycles. The first-order valence-corrected chi connectivity index (χ1v) is 18.6. The first-order valence-electron chi connectivity index (χ1n) is 18.6. The fourth-order valence-corrected chi connectivity index (χ4v) is 5.59. The highest BCUT2D eigenvalue weighted by atomic mass is 16.3. The number of unbranched alkanes of at least 4 members (excludes halogenated alkanes) is 22. The van der Waals surface area contributed by atoms with Crippen molar-refractivity contribution in [3.8, 4) is 0 Å². The molecule has 3 atom stereocenters. The molecular formula is C38H73NO4. The van der Waals surface area contributed by atoms with Gasteiger partial charge in [-0.1, -0.05) is 173 Å². The van der Waals surface area contributed by atoms with E-state index in [9.17, 15) is 20.1 Å². The van der Waals surface area contributed by atoms with Gasteiger partial charge in [-0.2, -0.15) is 0 Å². The normalized spacial score (nSPS) is 14.1. The van der Waals surface area contributed by atoms with Crippen molar-refractivity contribution in [1.82, 2.24) is 5.32 Å². The predicted molar refractivity (Wildman–Crippen MR) is 185 cm³/mol. The number of carbonyl (C=O) groups is 1. The van der Waals surface area contributed by atoms with E-state index in [0.717, 1.165) is 32.1 Å². The lowest BCUT2D eigenvalue weighted by molar-refractivity contribution is -0.124. The number of aliphatic hydroxyl groups is 3. The van der Waals surface area contributed by atoms with Crippen LogP contribution in [0.1, 0.15) is 187 Å². The topological polar surface area (TPSA) is 89.8 Å². The van der Waals surface area contributed by atoms with E-state index in [0.29, 0.717) is 6.42 Å². The molecule has 0 fully saturated rings. The Bertz CT molecular complexity index is 635. The van der Waals surface area contributed by atoms with Gasteiger partial charge in [0.1, 0.15) is 0 Å². The Kier molecular flexibility index (Phi) is 32.8. The number of hydrogen-bond donors (Lipinski definition) is 4. The third kappa shape index (κ3) is 30.6. The summed E-state index contributed by atoms with van der Waals surface area (Å²) in [5, 5.41) is 32.9. The maximum Gasteiger partial charge on any atom is 0.222 e. The highest BCUT2D eigenvalue weighted by Crippen LogP contribution is 2.15. The maximum absolute atomic E-state index is 12.3. The quantitative estimate of drug-likeness (QED) is 0.0441. The number of rotatable bonds is 33. The van der Waals surface area contributed by atoms with E-state index in [1.807, 2.05) is 6.08 Å². The van der Waals surface area contributed by atoms with Crippen LogP contribution in [-0.2, 0) is 4.79 Å². The summed E-state index contributed by atoms with van der Waals surface area (Å²) in [6.07, 6.45) is 38.9. The van der Waals surface area contributed by atoms with Crippen LogP contribution in [0.15, 0.2) is 24.3 Å². The molecule has 3 unspecified atom stereocenters. The van der Waals surface area contributed by atoms with Crippen LogP contribution < -0.4 is 5.32 Å². The number of aliphatic hydroxyl groups excluding tert-OH is 3. The standard InChI is InChI=1S/C38H73NO4/c1-3-5-7-9-11-13-14-15-16-17-18-19-20-21-22-24-25-27-29-31-35(41)33-38(43)39-36(34-40)37(42)32-30-28-26-23-12-10-8-6-4-2/h12,23,30,32,35-37,40-42H,3-11,13-22,24-29,31,33-34H2,1-2H3,(H,39,43)/b23-12+,32-30+. The second kappa shape index (κ2) is 33.7. The molecule has 5 nitrogen and oxygen atoms in total. The maximum atomic E-state index is 12.3. The van der Waals surface area contributed by atoms with E-state index >= 15 is 0 Å². The van der Waals surface area contributed by atoms with Crippen LogP contribution in [0.25, 0.3) is 0 Å². The van der Waals surface area contributed by atoms with E-state index in [-0.39, 0.29) is 18.9 Å². The first kappa shape index (κ1) is 41.8.